The zero-order valence-electron chi connectivity index (χ0n) is 13.8. The summed E-state index contributed by atoms with van der Waals surface area (Å²) >= 11 is 6.13. The van der Waals surface area contributed by atoms with Gasteiger partial charge >= 0.3 is 6.03 Å². The molecule has 2 amide bonds. The summed E-state index contributed by atoms with van der Waals surface area (Å²) in [5.74, 6) is 0.774. The van der Waals surface area contributed by atoms with E-state index >= 15 is 0 Å². The van der Waals surface area contributed by atoms with Gasteiger partial charge in [0.05, 0.1) is 0 Å². The number of nitrogens with one attached hydrogen (secondary N) is 2. The Morgan fingerprint density at radius 1 is 1.33 bits per heavy atom. The SMILES string of the molecule is Cn1ccnc1C(NC(=O)NC1CCCCC1)c1cccc(Cl)c1. The molecule has 24 heavy (non-hydrogen) atoms. The maximum atomic E-state index is 12.5. The molecule has 1 atom stereocenters. The minimum atomic E-state index is -0.340. The molecular formula is C18H23ClN4O. The Bertz CT molecular complexity index is 694. The summed E-state index contributed by atoms with van der Waals surface area (Å²) in [6.07, 6.45) is 9.33. The molecule has 6 heteroatoms. The number of hydrogen-bond donors (Lipinski definition) is 2. The fourth-order valence-corrected chi connectivity index (χ4v) is 3.44. The number of imidazole rings is 1. The van der Waals surface area contributed by atoms with Crippen molar-refractivity contribution in [2.24, 2.45) is 7.05 Å². The van der Waals surface area contributed by atoms with Crippen molar-refractivity contribution in [2.75, 3.05) is 0 Å². The van der Waals surface area contributed by atoms with Crippen LogP contribution in [0.15, 0.2) is 36.7 Å². The van der Waals surface area contributed by atoms with Crippen molar-refractivity contribution in [1.29, 1.82) is 0 Å². The summed E-state index contributed by atoms with van der Waals surface area (Å²) in [5.41, 5.74) is 0.913. The molecule has 2 aromatic rings. The molecule has 1 aliphatic carbocycles. The van der Waals surface area contributed by atoms with E-state index in [4.69, 9.17) is 11.6 Å². The van der Waals surface area contributed by atoms with Crippen molar-refractivity contribution in [3.63, 3.8) is 0 Å². The lowest BCUT2D eigenvalue weighted by Gasteiger charge is -2.25. The average Bonchev–Trinajstić information content (AvgIpc) is 2.99. The van der Waals surface area contributed by atoms with Gasteiger partial charge in [-0.3, -0.25) is 0 Å². The maximum Gasteiger partial charge on any atom is 0.315 e. The number of halogens is 1. The van der Waals surface area contributed by atoms with Crippen LogP contribution in [0.1, 0.15) is 49.5 Å². The van der Waals surface area contributed by atoms with E-state index in [9.17, 15) is 4.79 Å². The lowest BCUT2D eigenvalue weighted by Crippen LogP contribution is -2.44. The molecular weight excluding hydrogens is 324 g/mol. The summed E-state index contributed by atoms with van der Waals surface area (Å²) in [7, 11) is 1.92. The molecule has 0 saturated heterocycles. The van der Waals surface area contributed by atoms with E-state index in [1.165, 1.54) is 19.3 Å². The lowest BCUT2D eigenvalue weighted by atomic mass is 9.96. The largest absolute Gasteiger partial charge is 0.336 e. The molecule has 1 saturated carbocycles. The van der Waals surface area contributed by atoms with Gasteiger partial charge in [0.15, 0.2) is 0 Å². The Kier molecular flexibility index (Phi) is 5.41. The molecule has 1 fully saturated rings. The van der Waals surface area contributed by atoms with Crippen LogP contribution in [0.3, 0.4) is 0 Å². The van der Waals surface area contributed by atoms with E-state index < -0.39 is 0 Å². The Morgan fingerprint density at radius 2 is 2.12 bits per heavy atom. The summed E-state index contributed by atoms with van der Waals surface area (Å²) in [6.45, 7) is 0. The first-order valence-electron chi connectivity index (χ1n) is 8.43. The number of aryl methyl sites for hydroxylation is 1. The van der Waals surface area contributed by atoms with Crippen LogP contribution in [0.5, 0.6) is 0 Å². The smallest absolute Gasteiger partial charge is 0.315 e. The summed E-state index contributed by atoms with van der Waals surface area (Å²) in [5, 5.41) is 6.79. The second-order valence-corrected chi connectivity index (χ2v) is 6.77. The molecule has 0 radical (unpaired) electrons. The fourth-order valence-electron chi connectivity index (χ4n) is 3.24. The predicted molar refractivity (Wildman–Crippen MR) is 95.0 cm³/mol. The Labute approximate surface area is 147 Å². The van der Waals surface area contributed by atoms with E-state index in [0.29, 0.717) is 5.02 Å². The molecule has 0 bridgehead atoms. The minimum absolute atomic E-state index is 0.158. The highest BCUT2D eigenvalue weighted by molar-refractivity contribution is 6.30. The molecule has 3 rings (SSSR count). The van der Waals surface area contributed by atoms with Gasteiger partial charge in [-0.25, -0.2) is 9.78 Å². The zero-order valence-corrected chi connectivity index (χ0v) is 14.6. The number of amides is 2. The quantitative estimate of drug-likeness (QED) is 0.884. The highest BCUT2D eigenvalue weighted by atomic mass is 35.5. The Balaban J connectivity index is 1.77. The molecule has 128 valence electrons. The maximum absolute atomic E-state index is 12.5. The number of aromatic nitrogens is 2. The van der Waals surface area contributed by atoms with Gasteiger partial charge in [0.2, 0.25) is 0 Å². The highest BCUT2D eigenvalue weighted by Gasteiger charge is 2.23. The van der Waals surface area contributed by atoms with Gasteiger partial charge in [-0.2, -0.15) is 0 Å². The number of carbonyl (C=O) groups excluding carboxylic acids is 1. The van der Waals surface area contributed by atoms with E-state index in [0.717, 1.165) is 24.2 Å². The lowest BCUT2D eigenvalue weighted by molar-refractivity contribution is 0.230. The zero-order chi connectivity index (χ0) is 16.9. The van der Waals surface area contributed by atoms with Crippen LogP contribution in [-0.2, 0) is 7.05 Å². The normalized spacial score (nSPS) is 16.6. The molecule has 0 spiro atoms. The van der Waals surface area contributed by atoms with Gasteiger partial charge in [-0.15, -0.1) is 0 Å². The number of hydrogen-bond acceptors (Lipinski definition) is 2. The molecule has 0 aliphatic heterocycles. The monoisotopic (exact) mass is 346 g/mol. The van der Waals surface area contributed by atoms with Crippen molar-refractivity contribution in [1.82, 2.24) is 20.2 Å². The van der Waals surface area contributed by atoms with E-state index in [2.05, 4.69) is 15.6 Å². The average molecular weight is 347 g/mol. The second-order valence-electron chi connectivity index (χ2n) is 6.34. The third kappa shape index (κ3) is 4.09. The summed E-state index contributed by atoms with van der Waals surface area (Å²) < 4.78 is 1.91. The van der Waals surface area contributed by atoms with Crippen LogP contribution in [0.2, 0.25) is 5.02 Å². The predicted octanol–water partition coefficient (Wildman–Crippen LogP) is 3.79. The third-order valence-electron chi connectivity index (χ3n) is 4.51. The molecule has 1 aromatic carbocycles. The minimum Gasteiger partial charge on any atom is -0.336 e. The molecule has 1 aliphatic rings. The van der Waals surface area contributed by atoms with Gasteiger partial charge in [-0.1, -0.05) is 43.0 Å². The van der Waals surface area contributed by atoms with Crippen LogP contribution in [0, 0.1) is 0 Å². The first-order valence-corrected chi connectivity index (χ1v) is 8.81. The summed E-state index contributed by atoms with van der Waals surface area (Å²) in [6, 6.07) is 7.28. The molecule has 1 unspecified atom stereocenters. The number of urea groups is 1. The first kappa shape index (κ1) is 16.8. The van der Waals surface area contributed by atoms with Gasteiger partial charge < -0.3 is 15.2 Å². The molecule has 2 N–H and O–H groups in total. The fraction of sp³-hybridized carbons (Fsp3) is 0.444. The number of nitrogens with zero attached hydrogens (tertiary/aromatic N) is 2. The van der Waals surface area contributed by atoms with Crippen LogP contribution in [0.4, 0.5) is 4.79 Å². The van der Waals surface area contributed by atoms with Gasteiger partial charge in [0, 0.05) is 30.5 Å². The van der Waals surface area contributed by atoms with E-state index in [-0.39, 0.29) is 18.1 Å². The summed E-state index contributed by atoms with van der Waals surface area (Å²) in [4.78, 5) is 16.9. The van der Waals surface area contributed by atoms with Crippen molar-refractivity contribution in [2.45, 2.75) is 44.2 Å². The number of rotatable bonds is 4. The number of benzene rings is 1. The van der Waals surface area contributed by atoms with Crippen LogP contribution < -0.4 is 10.6 Å². The number of carbonyl (C=O) groups is 1. The highest BCUT2D eigenvalue weighted by Crippen LogP contribution is 2.23. The first-order chi connectivity index (χ1) is 11.6. The molecule has 1 aromatic heterocycles. The van der Waals surface area contributed by atoms with E-state index in [1.807, 2.05) is 42.1 Å². The van der Waals surface area contributed by atoms with Crippen LogP contribution >= 0.6 is 11.6 Å². The Morgan fingerprint density at radius 3 is 2.79 bits per heavy atom. The molecule has 5 nitrogen and oxygen atoms in total. The van der Waals surface area contributed by atoms with Gasteiger partial charge in [0.1, 0.15) is 11.9 Å². The third-order valence-corrected chi connectivity index (χ3v) is 4.75. The van der Waals surface area contributed by atoms with Crippen LogP contribution in [0.25, 0.3) is 0 Å². The van der Waals surface area contributed by atoms with Crippen LogP contribution in [-0.4, -0.2) is 21.6 Å². The van der Waals surface area contributed by atoms with Gasteiger partial charge in [-0.05, 0) is 30.5 Å². The van der Waals surface area contributed by atoms with Crippen molar-refractivity contribution >= 4 is 17.6 Å². The second kappa shape index (κ2) is 7.71. The topological polar surface area (TPSA) is 59.0 Å². The van der Waals surface area contributed by atoms with Crippen molar-refractivity contribution in [3.05, 3.63) is 53.1 Å². The van der Waals surface area contributed by atoms with Crippen molar-refractivity contribution in [3.8, 4) is 0 Å². The van der Waals surface area contributed by atoms with Crippen molar-refractivity contribution < 1.29 is 4.79 Å². The molecule has 1 heterocycles. The van der Waals surface area contributed by atoms with Gasteiger partial charge in [0.25, 0.3) is 0 Å². The van der Waals surface area contributed by atoms with E-state index in [1.54, 1.807) is 6.20 Å². The standard InChI is InChI=1S/C18H23ClN4O/c1-23-11-10-20-17(23)16(13-6-5-7-14(19)12-13)22-18(24)21-15-8-3-2-4-9-15/h5-7,10-12,15-16H,2-4,8-9H2,1H3,(H2,21,22,24). The Hall–Kier alpha value is -2.01.